The fourth-order valence-corrected chi connectivity index (χ4v) is 5.16. The minimum absolute atomic E-state index is 0.172. The number of anilines is 2. The van der Waals surface area contributed by atoms with Crippen LogP contribution in [0.1, 0.15) is 91.4 Å². The molecule has 2 aromatic rings. The molecule has 0 saturated carbocycles. The van der Waals surface area contributed by atoms with Gasteiger partial charge in [0, 0.05) is 49.0 Å². The van der Waals surface area contributed by atoms with E-state index in [0.29, 0.717) is 22.5 Å². The number of carbonyl (C=O) groups excluding carboxylic acids is 2. The molecule has 0 unspecified atom stereocenters. The maximum absolute atomic E-state index is 12.3. The van der Waals surface area contributed by atoms with Crippen LogP contribution in [0.4, 0.5) is 15.6 Å². The molecule has 0 bridgehead atoms. The predicted molar refractivity (Wildman–Crippen MR) is 162 cm³/mol. The van der Waals surface area contributed by atoms with Crippen molar-refractivity contribution in [3.8, 4) is 0 Å². The molecule has 218 valence electrons. The van der Waals surface area contributed by atoms with Gasteiger partial charge >= 0.3 is 6.09 Å². The lowest BCUT2D eigenvalue weighted by Gasteiger charge is -2.41. The number of ether oxygens (including phenoxy) is 1. The highest BCUT2D eigenvalue weighted by Crippen LogP contribution is 2.34. The lowest BCUT2D eigenvalue weighted by molar-refractivity contribution is 0.0152. The highest BCUT2D eigenvalue weighted by molar-refractivity contribution is 7.09. The number of amides is 2. The van der Waals surface area contributed by atoms with E-state index < -0.39 is 5.60 Å². The number of rotatable bonds is 4. The first-order valence-electron chi connectivity index (χ1n) is 14.4. The lowest BCUT2D eigenvalue weighted by Crippen LogP contribution is -2.44. The average molecular weight is 560 g/mol. The van der Waals surface area contributed by atoms with E-state index in [1.54, 1.807) is 0 Å². The summed E-state index contributed by atoms with van der Waals surface area (Å²) in [5, 5.41) is 3.26. The first kappa shape index (κ1) is 32.5. The molecule has 1 N–H and O–H groups in total. The molecule has 1 aromatic carbocycles. The fourth-order valence-electron chi connectivity index (χ4n) is 4.73. The summed E-state index contributed by atoms with van der Waals surface area (Å²) in [6.45, 7) is 19.9. The zero-order chi connectivity index (χ0) is 29.0. The molecule has 2 saturated heterocycles. The summed E-state index contributed by atoms with van der Waals surface area (Å²) in [5.41, 5.74) is 1.32. The zero-order valence-corrected chi connectivity index (χ0v) is 26.0. The van der Waals surface area contributed by atoms with E-state index in [1.807, 2.05) is 63.8 Å². The molecule has 8 nitrogen and oxygen atoms in total. The van der Waals surface area contributed by atoms with Crippen molar-refractivity contribution in [3.05, 3.63) is 36.2 Å². The molecule has 2 aliphatic heterocycles. The summed E-state index contributed by atoms with van der Waals surface area (Å²) < 4.78 is 9.41. The average Bonchev–Trinajstić information content (AvgIpc) is 3.42. The summed E-state index contributed by atoms with van der Waals surface area (Å²) in [4.78, 5) is 32.9. The second-order valence-corrected chi connectivity index (χ2v) is 12.4. The fraction of sp³-hybridized carbons (Fsp3) is 0.667. The number of benzene rings is 1. The number of aromatic nitrogens is 2. The van der Waals surface area contributed by atoms with E-state index in [1.165, 1.54) is 6.33 Å². The molecule has 1 aromatic heterocycles. The van der Waals surface area contributed by atoms with Crippen molar-refractivity contribution in [2.24, 2.45) is 17.8 Å². The van der Waals surface area contributed by atoms with Gasteiger partial charge in [-0.15, -0.1) is 0 Å². The van der Waals surface area contributed by atoms with Crippen molar-refractivity contribution in [2.75, 3.05) is 36.4 Å². The minimum Gasteiger partial charge on any atom is -0.444 e. The number of hydrogen-bond acceptors (Lipinski definition) is 7. The number of nitrogens with one attached hydrogen (secondary N) is 1. The summed E-state index contributed by atoms with van der Waals surface area (Å²) in [6.07, 6.45) is 5.69. The summed E-state index contributed by atoms with van der Waals surface area (Å²) >= 11 is 1.16. The largest absolute Gasteiger partial charge is 0.444 e. The third-order valence-corrected chi connectivity index (χ3v) is 7.05. The van der Waals surface area contributed by atoms with Gasteiger partial charge in [-0.2, -0.15) is 4.37 Å². The Hall–Kier alpha value is -2.68. The van der Waals surface area contributed by atoms with Gasteiger partial charge in [0.15, 0.2) is 0 Å². The van der Waals surface area contributed by atoms with E-state index in [2.05, 4.69) is 40.3 Å². The molecule has 0 radical (unpaired) electrons. The Labute approximate surface area is 239 Å². The molecule has 0 aliphatic carbocycles. The van der Waals surface area contributed by atoms with Crippen LogP contribution < -0.4 is 10.2 Å². The second kappa shape index (κ2) is 15.8. The van der Waals surface area contributed by atoms with Crippen molar-refractivity contribution in [1.82, 2.24) is 14.3 Å². The molecule has 0 spiro atoms. The first-order valence-corrected chi connectivity index (χ1v) is 15.2. The molecule has 3 heterocycles. The van der Waals surface area contributed by atoms with Crippen LogP contribution in [0.5, 0.6) is 0 Å². The van der Waals surface area contributed by atoms with Gasteiger partial charge in [-0.1, -0.05) is 34.6 Å². The van der Waals surface area contributed by atoms with Gasteiger partial charge in [0.2, 0.25) is 5.13 Å². The van der Waals surface area contributed by atoms with Crippen molar-refractivity contribution in [2.45, 2.75) is 86.7 Å². The highest BCUT2D eigenvalue weighted by atomic mass is 32.1. The molecular weight excluding hydrogens is 510 g/mol. The van der Waals surface area contributed by atoms with Gasteiger partial charge in [0.1, 0.15) is 11.9 Å². The van der Waals surface area contributed by atoms with E-state index in [-0.39, 0.29) is 12.0 Å². The standard InChI is InChI=1S/C24H33N5O3S.C4H10.C2H6/c1-24(2,3)32-23(31)29-14-10-18(11-15-29)17-8-12-28(13-9-17)20-6-4-19(5-7-20)21(30)27-22-25-16-26-33-22;1-4(2)3;1-2/h4-7,16-18H,8-15H2,1-3H3,(H,25,26,27,30);4H,1-3H3;1-2H3. The van der Waals surface area contributed by atoms with Crippen molar-refractivity contribution < 1.29 is 14.3 Å². The normalized spacial score (nSPS) is 16.5. The maximum atomic E-state index is 12.3. The van der Waals surface area contributed by atoms with Crippen molar-refractivity contribution in [1.29, 1.82) is 0 Å². The summed E-state index contributed by atoms with van der Waals surface area (Å²) in [5.74, 6) is 2.05. The van der Waals surface area contributed by atoms with Gasteiger partial charge in [0.25, 0.3) is 5.91 Å². The Morgan fingerprint density at radius 3 is 1.92 bits per heavy atom. The number of piperidine rings is 2. The van der Waals surface area contributed by atoms with E-state index in [0.717, 1.165) is 75.0 Å². The number of nitrogens with zero attached hydrogens (tertiary/aromatic N) is 4. The Kier molecular flexibility index (Phi) is 13.2. The smallest absolute Gasteiger partial charge is 0.410 e. The molecule has 2 aliphatic rings. The summed E-state index contributed by atoms with van der Waals surface area (Å²) in [7, 11) is 0. The summed E-state index contributed by atoms with van der Waals surface area (Å²) in [6, 6.07) is 7.78. The molecule has 9 heteroatoms. The van der Waals surface area contributed by atoms with Gasteiger partial charge in [0.05, 0.1) is 0 Å². The van der Waals surface area contributed by atoms with Crippen LogP contribution in [0.2, 0.25) is 0 Å². The molecule has 2 amide bonds. The van der Waals surface area contributed by atoms with E-state index >= 15 is 0 Å². The Balaban J connectivity index is 0.000000815. The maximum Gasteiger partial charge on any atom is 0.410 e. The number of hydrogen-bond donors (Lipinski definition) is 1. The Bertz CT molecular complexity index is 970. The third-order valence-electron chi connectivity index (χ3n) is 6.47. The number of carbonyl (C=O) groups is 2. The van der Waals surface area contributed by atoms with Crippen LogP contribution in [-0.2, 0) is 4.74 Å². The second-order valence-electron chi connectivity index (χ2n) is 11.6. The Morgan fingerprint density at radius 1 is 0.949 bits per heavy atom. The van der Waals surface area contributed by atoms with Gasteiger partial charge in [-0.05, 0) is 88.5 Å². The van der Waals surface area contributed by atoms with Gasteiger partial charge in [-0.25, -0.2) is 9.78 Å². The van der Waals surface area contributed by atoms with E-state index in [9.17, 15) is 9.59 Å². The minimum atomic E-state index is -0.443. The predicted octanol–water partition coefficient (Wildman–Crippen LogP) is 7.34. The van der Waals surface area contributed by atoms with Crippen LogP contribution in [0.25, 0.3) is 0 Å². The SMILES string of the molecule is CC.CC(C)(C)OC(=O)N1CCC(C2CCN(c3ccc(C(=O)Nc4ncns4)cc3)CC2)CC1.CC(C)C. The number of likely N-dealkylation sites (tertiary alicyclic amines) is 1. The quantitative estimate of drug-likeness (QED) is 0.422. The lowest BCUT2D eigenvalue weighted by atomic mass is 9.79. The molecule has 39 heavy (non-hydrogen) atoms. The van der Waals surface area contributed by atoms with Crippen LogP contribution in [0.3, 0.4) is 0 Å². The van der Waals surface area contributed by atoms with Crippen molar-refractivity contribution in [3.63, 3.8) is 0 Å². The first-order chi connectivity index (χ1) is 18.5. The van der Waals surface area contributed by atoms with E-state index in [4.69, 9.17) is 4.74 Å². The molecule has 0 atom stereocenters. The monoisotopic (exact) mass is 559 g/mol. The van der Waals surface area contributed by atoms with Crippen molar-refractivity contribution >= 4 is 34.4 Å². The topological polar surface area (TPSA) is 87.7 Å². The van der Waals surface area contributed by atoms with Gasteiger partial charge < -0.3 is 14.5 Å². The van der Waals surface area contributed by atoms with Crippen LogP contribution in [0.15, 0.2) is 30.6 Å². The zero-order valence-electron chi connectivity index (χ0n) is 25.2. The van der Waals surface area contributed by atoms with Gasteiger partial charge in [-0.3, -0.25) is 10.1 Å². The molecule has 4 rings (SSSR count). The molecular formula is C30H49N5O3S. The Morgan fingerprint density at radius 2 is 1.46 bits per heavy atom. The third kappa shape index (κ3) is 11.1. The highest BCUT2D eigenvalue weighted by Gasteiger charge is 2.32. The van der Waals surface area contributed by atoms with Crippen LogP contribution in [0, 0.1) is 17.8 Å². The van der Waals surface area contributed by atoms with Crippen LogP contribution in [-0.4, -0.2) is 58.0 Å². The molecule has 2 fully saturated rings. The van der Waals surface area contributed by atoms with Crippen LogP contribution >= 0.6 is 11.5 Å².